The zero-order valence-corrected chi connectivity index (χ0v) is 9.07. The van der Waals surface area contributed by atoms with Crippen LogP contribution in [0, 0.1) is 11.9 Å². The summed E-state index contributed by atoms with van der Waals surface area (Å²) < 4.78 is 12.8. The average Bonchev–Trinajstić information content (AvgIpc) is 2.17. The van der Waals surface area contributed by atoms with E-state index in [0.717, 1.165) is 0 Å². The maximum atomic E-state index is 12.8. The summed E-state index contributed by atoms with van der Waals surface area (Å²) in [6, 6.07) is 4.75. The summed E-state index contributed by atoms with van der Waals surface area (Å²) in [5.74, 6) is 0.385. The number of hydrogen-bond donors (Lipinski definition) is 2. The van der Waals surface area contributed by atoms with E-state index < -0.39 is 5.95 Å². The second-order valence-corrected chi connectivity index (χ2v) is 3.85. The van der Waals surface area contributed by atoms with Crippen LogP contribution in [0.25, 0.3) is 0 Å². The first-order valence-electron chi connectivity index (χ1n) is 5.13. The molecule has 0 fully saturated rings. The van der Waals surface area contributed by atoms with Gasteiger partial charge in [0, 0.05) is 12.6 Å². The third kappa shape index (κ3) is 3.83. The summed E-state index contributed by atoms with van der Waals surface area (Å²) in [4.78, 5) is 3.72. The Morgan fingerprint density at radius 3 is 2.73 bits per heavy atom. The summed E-state index contributed by atoms with van der Waals surface area (Å²) in [5, 5.41) is 12.0. The fraction of sp³-hybridized carbons (Fsp3) is 0.545. The molecular weight excluding hydrogens is 195 g/mol. The molecule has 0 bridgehead atoms. The zero-order valence-electron chi connectivity index (χ0n) is 9.07. The summed E-state index contributed by atoms with van der Waals surface area (Å²) in [6.07, 6.45) is 0.635. The number of nitrogens with zero attached hydrogens (tertiary/aromatic N) is 1. The van der Waals surface area contributed by atoms with Gasteiger partial charge < -0.3 is 10.4 Å². The van der Waals surface area contributed by atoms with E-state index >= 15 is 0 Å². The number of rotatable bonds is 5. The summed E-state index contributed by atoms with van der Waals surface area (Å²) in [7, 11) is 0. The molecule has 0 saturated carbocycles. The molecule has 2 N–H and O–H groups in total. The molecule has 1 aromatic heterocycles. The Morgan fingerprint density at radius 1 is 1.47 bits per heavy atom. The molecule has 1 heterocycles. The number of anilines is 1. The van der Waals surface area contributed by atoms with Gasteiger partial charge in [-0.05, 0) is 24.5 Å². The molecule has 15 heavy (non-hydrogen) atoms. The first-order chi connectivity index (χ1) is 7.13. The Kier molecular flexibility index (Phi) is 4.49. The second-order valence-electron chi connectivity index (χ2n) is 3.85. The summed E-state index contributed by atoms with van der Waals surface area (Å²) >= 11 is 0. The van der Waals surface area contributed by atoms with Crippen LogP contribution in [0.2, 0.25) is 0 Å². The van der Waals surface area contributed by atoms with E-state index in [0.29, 0.717) is 18.2 Å². The van der Waals surface area contributed by atoms with Crippen LogP contribution in [0.4, 0.5) is 10.2 Å². The summed E-state index contributed by atoms with van der Waals surface area (Å²) in [6.45, 7) is 4.21. The maximum Gasteiger partial charge on any atom is 0.214 e. The van der Waals surface area contributed by atoms with E-state index in [9.17, 15) is 4.39 Å². The molecule has 4 heteroatoms. The molecule has 3 nitrogen and oxygen atoms in total. The van der Waals surface area contributed by atoms with Gasteiger partial charge in [-0.15, -0.1) is 0 Å². The van der Waals surface area contributed by atoms with Crippen LogP contribution in [0.1, 0.15) is 20.3 Å². The van der Waals surface area contributed by atoms with Gasteiger partial charge in [-0.3, -0.25) is 0 Å². The standard InChI is InChI=1S/C11H17FN2O/c1-8(2)9(6-7-15)13-11-5-3-4-10(12)14-11/h3-5,8-9,15H,6-7H2,1-2H3,(H,13,14)/t9-/m0/s1. The first kappa shape index (κ1) is 11.9. The Morgan fingerprint density at radius 2 is 2.20 bits per heavy atom. The quantitative estimate of drug-likeness (QED) is 0.734. The van der Waals surface area contributed by atoms with E-state index in [4.69, 9.17) is 5.11 Å². The minimum Gasteiger partial charge on any atom is -0.396 e. The van der Waals surface area contributed by atoms with Crippen LogP contribution in [0.15, 0.2) is 18.2 Å². The van der Waals surface area contributed by atoms with Crippen LogP contribution in [-0.4, -0.2) is 22.7 Å². The highest BCUT2D eigenvalue weighted by Crippen LogP contribution is 2.13. The third-order valence-electron chi connectivity index (χ3n) is 2.29. The third-order valence-corrected chi connectivity index (χ3v) is 2.29. The Balaban J connectivity index is 2.65. The second kappa shape index (κ2) is 5.66. The maximum absolute atomic E-state index is 12.8. The van der Waals surface area contributed by atoms with Crippen molar-refractivity contribution in [2.24, 2.45) is 5.92 Å². The van der Waals surface area contributed by atoms with Crippen LogP contribution in [0.5, 0.6) is 0 Å². The van der Waals surface area contributed by atoms with Gasteiger partial charge in [0.2, 0.25) is 5.95 Å². The van der Waals surface area contributed by atoms with Gasteiger partial charge in [-0.2, -0.15) is 4.39 Å². The molecule has 0 saturated heterocycles. The number of nitrogens with one attached hydrogen (secondary N) is 1. The predicted molar refractivity (Wildman–Crippen MR) is 58.1 cm³/mol. The lowest BCUT2D eigenvalue weighted by atomic mass is 10.0. The fourth-order valence-electron chi connectivity index (χ4n) is 1.39. The normalized spacial score (nSPS) is 12.9. The highest BCUT2D eigenvalue weighted by molar-refractivity contribution is 5.34. The van der Waals surface area contributed by atoms with Gasteiger partial charge >= 0.3 is 0 Å². The van der Waals surface area contributed by atoms with Crippen LogP contribution >= 0.6 is 0 Å². The zero-order chi connectivity index (χ0) is 11.3. The van der Waals surface area contributed by atoms with Crippen molar-refractivity contribution in [1.29, 1.82) is 0 Å². The van der Waals surface area contributed by atoms with Crippen molar-refractivity contribution in [3.8, 4) is 0 Å². The molecule has 0 unspecified atom stereocenters. The smallest absolute Gasteiger partial charge is 0.214 e. The molecule has 1 atom stereocenters. The monoisotopic (exact) mass is 212 g/mol. The number of hydrogen-bond acceptors (Lipinski definition) is 3. The van der Waals surface area contributed by atoms with Crippen molar-refractivity contribution in [2.45, 2.75) is 26.3 Å². The van der Waals surface area contributed by atoms with Gasteiger partial charge in [0.15, 0.2) is 0 Å². The van der Waals surface area contributed by atoms with E-state index in [1.807, 2.05) is 13.8 Å². The number of aliphatic hydroxyl groups is 1. The highest BCUT2D eigenvalue weighted by Gasteiger charge is 2.12. The molecule has 0 aromatic carbocycles. The summed E-state index contributed by atoms with van der Waals surface area (Å²) in [5.41, 5.74) is 0. The van der Waals surface area contributed by atoms with Crippen LogP contribution < -0.4 is 5.32 Å². The highest BCUT2D eigenvalue weighted by atomic mass is 19.1. The minimum absolute atomic E-state index is 0.115. The molecule has 84 valence electrons. The van der Waals surface area contributed by atoms with Crippen molar-refractivity contribution in [1.82, 2.24) is 4.98 Å². The molecule has 0 aliphatic heterocycles. The Hall–Kier alpha value is -1.16. The number of aromatic nitrogens is 1. The van der Waals surface area contributed by atoms with Crippen molar-refractivity contribution in [2.75, 3.05) is 11.9 Å². The van der Waals surface area contributed by atoms with Gasteiger partial charge in [-0.1, -0.05) is 19.9 Å². The van der Waals surface area contributed by atoms with Crippen molar-refractivity contribution >= 4 is 5.82 Å². The van der Waals surface area contributed by atoms with Crippen molar-refractivity contribution < 1.29 is 9.50 Å². The van der Waals surface area contributed by atoms with E-state index in [1.165, 1.54) is 6.07 Å². The molecule has 0 aliphatic carbocycles. The van der Waals surface area contributed by atoms with E-state index in [-0.39, 0.29) is 12.6 Å². The Bertz CT molecular complexity index is 304. The lowest BCUT2D eigenvalue weighted by Gasteiger charge is -2.21. The predicted octanol–water partition coefficient (Wildman–Crippen LogP) is 2.04. The van der Waals surface area contributed by atoms with Crippen molar-refractivity contribution in [3.63, 3.8) is 0 Å². The van der Waals surface area contributed by atoms with E-state index in [2.05, 4.69) is 10.3 Å². The molecule has 1 aromatic rings. The number of aliphatic hydroxyl groups excluding tert-OH is 1. The van der Waals surface area contributed by atoms with Crippen molar-refractivity contribution in [3.05, 3.63) is 24.1 Å². The average molecular weight is 212 g/mol. The van der Waals surface area contributed by atoms with Crippen LogP contribution in [0.3, 0.4) is 0 Å². The van der Waals surface area contributed by atoms with Gasteiger partial charge in [0.25, 0.3) is 0 Å². The van der Waals surface area contributed by atoms with E-state index in [1.54, 1.807) is 12.1 Å². The van der Waals surface area contributed by atoms with Gasteiger partial charge in [-0.25, -0.2) is 4.98 Å². The van der Waals surface area contributed by atoms with Gasteiger partial charge in [0.05, 0.1) is 0 Å². The Labute approximate surface area is 89.4 Å². The molecule has 0 aliphatic rings. The molecule has 0 spiro atoms. The lowest BCUT2D eigenvalue weighted by molar-refractivity contribution is 0.267. The molecule has 0 radical (unpaired) electrons. The number of halogens is 1. The SMILES string of the molecule is CC(C)[C@H](CCO)Nc1cccc(F)n1. The van der Waals surface area contributed by atoms with Gasteiger partial charge in [0.1, 0.15) is 5.82 Å². The topological polar surface area (TPSA) is 45.1 Å². The molecule has 1 rings (SSSR count). The lowest BCUT2D eigenvalue weighted by Crippen LogP contribution is -2.27. The molecule has 0 amide bonds. The minimum atomic E-state index is -0.494. The van der Waals surface area contributed by atoms with Crippen LogP contribution in [-0.2, 0) is 0 Å². The number of pyridine rings is 1. The molecular formula is C11H17FN2O. The largest absolute Gasteiger partial charge is 0.396 e. The first-order valence-corrected chi connectivity index (χ1v) is 5.13. The fourth-order valence-corrected chi connectivity index (χ4v) is 1.39.